The minimum Gasteiger partial charge on any atom is -0.493 e. The van der Waals surface area contributed by atoms with Crippen molar-refractivity contribution in [2.24, 2.45) is 0 Å². The topological polar surface area (TPSA) is 64.8 Å². The molecule has 0 saturated carbocycles. The van der Waals surface area contributed by atoms with Crippen LogP contribution in [0.15, 0.2) is 64.6 Å². The maximum Gasteiger partial charge on any atom is 0.410 e. The first-order chi connectivity index (χ1) is 16.1. The highest BCUT2D eigenvalue weighted by atomic mass is 79.9. The van der Waals surface area contributed by atoms with Gasteiger partial charge in [0.2, 0.25) is 5.89 Å². The second kappa shape index (κ2) is 10.7. The summed E-state index contributed by atoms with van der Waals surface area (Å²) in [6, 6.07) is 17.9. The Balaban J connectivity index is 1.40. The van der Waals surface area contributed by atoms with Crippen LogP contribution >= 0.6 is 15.9 Å². The zero-order valence-electron chi connectivity index (χ0n) is 18.8. The van der Waals surface area contributed by atoms with Gasteiger partial charge >= 0.3 is 6.09 Å². The van der Waals surface area contributed by atoms with Crippen LogP contribution in [-0.4, -0.2) is 47.6 Å². The minimum absolute atomic E-state index is 0.281. The standard InChI is InChI=1S/C26H27BrN2O4/c1-3-31-26(30)29-16-21(15-27)23(17-29)20-10-7-11-22(14-20)32-13-12-24-18(2)33-25(28-24)19-8-5-4-6-9-19/h4-11,14H,3,12-13,15-17H2,1-2H3. The quantitative estimate of drug-likeness (QED) is 0.353. The van der Waals surface area contributed by atoms with Crippen molar-refractivity contribution in [3.05, 3.63) is 77.2 Å². The van der Waals surface area contributed by atoms with E-state index in [4.69, 9.17) is 13.9 Å². The number of alkyl halides is 1. The van der Waals surface area contributed by atoms with E-state index in [0.29, 0.717) is 43.9 Å². The number of carbonyl (C=O) groups is 1. The first kappa shape index (κ1) is 23.1. The van der Waals surface area contributed by atoms with Crippen molar-refractivity contribution in [2.45, 2.75) is 20.3 Å². The van der Waals surface area contributed by atoms with Gasteiger partial charge in [0, 0.05) is 30.4 Å². The van der Waals surface area contributed by atoms with E-state index < -0.39 is 0 Å². The molecular weight excluding hydrogens is 484 g/mol. The molecule has 0 aliphatic carbocycles. The van der Waals surface area contributed by atoms with Gasteiger partial charge in [0.1, 0.15) is 11.5 Å². The van der Waals surface area contributed by atoms with Crippen molar-refractivity contribution in [2.75, 3.05) is 31.6 Å². The van der Waals surface area contributed by atoms with E-state index in [0.717, 1.165) is 33.9 Å². The summed E-state index contributed by atoms with van der Waals surface area (Å²) < 4.78 is 17.0. The number of oxazole rings is 1. The Hall–Kier alpha value is -3.06. The Labute approximate surface area is 202 Å². The second-order valence-corrected chi connectivity index (χ2v) is 8.35. The SMILES string of the molecule is CCOC(=O)N1CC(CBr)=C(c2cccc(OCCc3nc(-c4ccccc4)oc3C)c2)C1. The molecule has 172 valence electrons. The molecule has 33 heavy (non-hydrogen) atoms. The molecule has 7 heteroatoms. The van der Waals surface area contributed by atoms with Gasteiger partial charge < -0.3 is 13.9 Å². The highest BCUT2D eigenvalue weighted by Crippen LogP contribution is 2.30. The summed E-state index contributed by atoms with van der Waals surface area (Å²) in [7, 11) is 0. The molecule has 0 spiro atoms. The first-order valence-electron chi connectivity index (χ1n) is 11.0. The molecule has 3 aromatic rings. The molecule has 1 aromatic heterocycles. The number of hydrogen-bond acceptors (Lipinski definition) is 5. The predicted molar refractivity (Wildman–Crippen MR) is 132 cm³/mol. The lowest BCUT2D eigenvalue weighted by Crippen LogP contribution is -2.30. The minimum atomic E-state index is -0.281. The lowest BCUT2D eigenvalue weighted by atomic mass is 10.0. The van der Waals surface area contributed by atoms with Crippen LogP contribution in [-0.2, 0) is 11.2 Å². The molecule has 0 unspecified atom stereocenters. The Morgan fingerprint density at radius 3 is 2.67 bits per heavy atom. The largest absolute Gasteiger partial charge is 0.493 e. The van der Waals surface area contributed by atoms with Crippen molar-refractivity contribution in [1.82, 2.24) is 9.88 Å². The van der Waals surface area contributed by atoms with Crippen LogP contribution in [0, 0.1) is 6.92 Å². The Kier molecular flexibility index (Phi) is 7.50. The summed E-state index contributed by atoms with van der Waals surface area (Å²) in [4.78, 5) is 18.5. The first-order valence-corrected chi connectivity index (χ1v) is 12.1. The van der Waals surface area contributed by atoms with Gasteiger partial charge in [0.25, 0.3) is 0 Å². The van der Waals surface area contributed by atoms with E-state index in [1.807, 2.05) is 68.4 Å². The number of aromatic nitrogens is 1. The average molecular weight is 511 g/mol. The molecule has 4 rings (SSSR count). The van der Waals surface area contributed by atoms with Crippen LogP contribution in [0.25, 0.3) is 17.0 Å². The van der Waals surface area contributed by atoms with Crippen molar-refractivity contribution in [1.29, 1.82) is 0 Å². The molecule has 1 aliphatic rings. The van der Waals surface area contributed by atoms with Crippen molar-refractivity contribution in [3.8, 4) is 17.2 Å². The fraction of sp³-hybridized carbons (Fsp3) is 0.308. The van der Waals surface area contributed by atoms with E-state index in [1.165, 1.54) is 5.57 Å². The average Bonchev–Trinajstić information content (AvgIpc) is 3.44. The van der Waals surface area contributed by atoms with Crippen LogP contribution in [0.2, 0.25) is 0 Å². The van der Waals surface area contributed by atoms with Gasteiger partial charge in [-0.15, -0.1) is 0 Å². The molecule has 6 nitrogen and oxygen atoms in total. The molecule has 2 aromatic carbocycles. The van der Waals surface area contributed by atoms with Crippen LogP contribution < -0.4 is 4.74 Å². The number of benzene rings is 2. The van der Waals surface area contributed by atoms with Crippen LogP contribution in [0.3, 0.4) is 0 Å². The van der Waals surface area contributed by atoms with Crippen molar-refractivity contribution >= 4 is 27.6 Å². The highest BCUT2D eigenvalue weighted by Gasteiger charge is 2.27. The number of ether oxygens (including phenoxy) is 2. The molecule has 0 bridgehead atoms. The number of amides is 1. The fourth-order valence-corrected chi connectivity index (χ4v) is 4.37. The molecule has 0 radical (unpaired) electrons. The second-order valence-electron chi connectivity index (χ2n) is 7.78. The Bertz CT molecular complexity index is 1140. The predicted octanol–water partition coefficient (Wildman–Crippen LogP) is 5.89. The van der Waals surface area contributed by atoms with E-state index in [1.54, 1.807) is 4.90 Å². The van der Waals surface area contributed by atoms with Crippen LogP contribution in [0.5, 0.6) is 5.75 Å². The summed E-state index contributed by atoms with van der Waals surface area (Å²) in [6.07, 6.45) is 0.370. The summed E-state index contributed by atoms with van der Waals surface area (Å²) in [5.74, 6) is 2.22. The van der Waals surface area contributed by atoms with Crippen LogP contribution in [0.4, 0.5) is 4.79 Å². The van der Waals surface area contributed by atoms with Crippen molar-refractivity contribution < 1.29 is 18.7 Å². The summed E-state index contributed by atoms with van der Waals surface area (Å²) in [5.41, 5.74) is 5.22. The molecule has 1 aliphatic heterocycles. The number of hydrogen-bond donors (Lipinski definition) is 0. The maximum absolute atomic E-state index is 12.2. The number of rotatable bonds is 8. The van der Waals surface area contributed by atoms with Gasteiger partial charge in [-0.25, -0.2) is 9.78 Å². The highest BCUT2D eigenvalue weighted by molar-refractivity contribution is 9.09. The Morgan fingerprint density at radius 1 is 1.12 bits per heavy atom. The summed E-state index contributed by atoms with van der Waals surface area (Å²) in [5, 5.41) is 0.707. The lowest BCUT2D eigenvalue weighted by Gasteiger charge is -2.16. The number of nitrogens with zero attached hydrogens (tertiary/aromatic N) is 2. The van der Waals surface area contributed by atoms with Crippen LogP contribution in [0.1, 0.15) is 23.9 Å². The zero-order chi connectivity index (χ0) is 23.2. The van der Waals surface area contributed by atoms with Gasteiger partial charge in [0.05, 0.1) is 18.9 Å². The van der Waals surface area contributed by atoms with Crippen molar-refractivity contribution in [3.63, 3.8) is 0 Å². The third kappa shape index (κ3) is 5.47. The number of aryl methyl sites for hydroxylation is 1. The third-order valence-electron chi connectivity index (χ3n) is 5.55. The molecule has 1 amide bonds. The normalized spacial score (nSPS) is 13.5. The van der Waals surface area contributed by atoms with Gasteiger partial charge in [-0.2, -0.15) is 0 Å². The van der Waals surface area contributed by atoms with Gasteiger partial charge in [-0.3, -0.25) is 4.90 Å². The number of halogens is 1. The molecule has 0 saturated heterocycles. The Morgan fingerprint density at radius 2 is 1.91 bits per heavy atom. The molecule has 0 fully saturated rings. The van der Waals surface area contributed by atoms with Gasteiger partial charge in [-0.1, -0.05) is 46.3 Å². The van der Waals surface area contributed by atoms with E-state index in [-0.39, 0.29) is 6.09 Å². The maximum atomic E-state index is 12.2. The summed E-state index contributed by atoms with van der Waals surface area (Å²) in [6.45, 7) is 5.71. The van der Waals surface area contributed by atoms with E-state index >= 15 is 0 Å². The monoisotopic (exact) mass is 510 g/mol. The molecular formula is C26H27BrN2O4. The fourth-order valence-electron chi connectivity index (χ4n) is 3.85. The number of carbonyl (C=O) groups excluding carboxylic acids is 1. The van der Waals surface area contributed by atoms with Gasteiger partial charge in [0.15, 0.2) is 0 Å². The molecule has 0 atom stereocenters. The van der Waals surface area contributed by atoms with Gasteiger partial charge in [-0.05, 0) is 54.8 Å². The lowest BCUT2D eigenvalue weighted by molar-refractivity contribution is 0.117. The molecule has 2 heterocycles. The molecule has 0 N–H and O–H groups in total. The smallest absolute Gasteiger partial charge is 0.410 e. The zero-order valence-corrected chi connectivity index (χ0v) is 20.4. The van der Waals surface area contributed by atoms with E-state index in [2.05, 4.69) is 20.9 Å². The third-order valence-corrected chi connectivity index (χ3v) is 6.23. The van der Waals surface area contributed by atoms with E-state index in [9.17, 15) is 4.79 Å². The summed E-state index contributed by atoms with van der Waals surface area (Å²) >= 11 is 3.56.